The van der Waals surface area contributed by atoms with E-state index in [4.69, 9.17) is 14.2 Å². The van der Waals surface area contributed by atoms with Gasteiger partial charge in [0, 0.05) is 25.3 Å². The maximum absolute atomic E-state index is 5.58. The standard InChI is InChI=1S/C16H35NO3/c1-15(2)20-14-13-19-11-8-6-7-10-18-12-9-17-16(3,4)5/h15,17H,6-14H2,1-5H3. The highest BCUT2D eigenvalue weighted by molar-refractivity contribution is 4.69. The average molecular weight is 289 g/mol. The summed E-state index contributed by atoms with van der Waals surface area (Å²) >= 11 is 0. The van der Waals surface area contributed by atoms with Gasteiger partial charge in [0.2, 0.25) is 0 Å². The van der Waals surface area contributed by atoms with Gasteiger partial charge in [0.25, 0.3) is 0 Å². The van der Waals surface area contributed by atoms with Gasteiger partial charge in [0.15, 0.2) is 0 Å². The van der Waals surface area contributed by atoms with Crippen LogP contribution >= 0.6 is 0 Å². The largest absolute Gasteiger partial charge is 0.380 e. The summed E-state index contributed by atoms with van der Waals surface area (Å²) in [6.07, 6.45) is 3.67. The predicted octanol–water partition coefficient (Wildman–Crippen LogP) is 3.00. The van der Waals surface area contributed by atoms with Crippen molar-refractivity contribution in [3.8, 4) is 0 Å². The summed E-state index contributed by atoms with van der Waals surface area (Å²) in [7, 11) is 0. The van der Waals surface area contributed by atoms with Crippen molar-refractivity contribution in [2.75, 3.05) is 39.6 Å². The van der Waals surface area contributed by atoms with Gasteiger partial charge in [-0.1, -0.05) is 0 Å². The second kappa shape index (κ2) is 12.6. The van der Waals surface area contributed by atoms with Gasteiger partial charge in [-0.25, -0.2) is 0 Å². The maximum Gasteiger partial charge on any atom is 0.0703 e. The third kappa shape index (κ3) is 17.8. The Hall–Kier alpha value is -0.160. The molecule has 0 atom stereocenters. The topological polar surface area (TPSA) is 39.7 Å². The summed E-state index contributed by atoms with van der Waals surface area (Å²) in [5, 5.41) is 3.40. The molecular formula is C16H35NO3. The highest BCUT2D eigenvalue weighted by atomic mass is 16.5. The molecule has 0 aromatic heterocycles. The lowest BCUT2D eigenvalue weighted by Gasteiger charge is -2.20. The number of hydrogen-bond acceptors (Lipinski definition) is 4. The van der Waals surface area contributed by atoms with Gasteiger partial charge in [-0.15, -0.1) is 0 Å². The summed E-state index contributed by atoms with van der Waals surface area (Å²) in [5.74, 6) is 0. The van der Waals surface area contributed by atoms with Crippen LogP contribution in [0.4, 0.5) is 0 Å². The molecule has 0 unspecified atom stereocenters. The molecular weight excluding hydrogens is 254 g/mol. The smallest absolute Gasteiger partial charge is 0.0703 e. The Morgan fingerprint density at radius 3 is 1.95 bits per heavy atom. The summed E-state index contributed by atoms with van der Waals surface area (Å²) in [6, 6.07) is 0. The Labute approximate surface area is 125 Å². The molecule has 0 fully saturated rings. The van der Waals surface area contributed by atoms with Crippen LogP contribution in [0.15, 0.2) is 0 Å². The molecule has 0 saturated heterocycles. The molecule has 0 aliphatic heterocycles. The fraction of sp³-hybridized carbons (Fsp3) is 1.00. The third-order valence-electron chi connectivity index (χ3n) is 2.66. The SMILES string of the molecule is CC(C)OCCOCCCCCOCCNC(C)(C)C. The van der Waals surface area contributed by atoms with E-state index >= 15 is 0 Å². The molecule has 0 bridgehead atoms. The minimum absolute atomic E-state index is 0.181. The second-order valence-corrected chi connectivity index (χ2v) is 6.38. The summed E-state index contributed by atoms with van der Waals surface area (Å²) < 4.78 is 16.5. The number of ether oxygens (including phenoxy) is 3. The van der Waals surface area contributed by atoms with Crippen LogP contribution in [-0.2, 0) is 14.2 Å². The van der Waals surface area contributed by atoms with Crippen LogP contribution in [0.1, 0.15) is 53.9 Å². The molecule has 122 valence electrons. The lowest BCUT2D eigenvalue weighted by molar-refractivity contribution is 0.0182. The fourth-order valence-electron chi connectivity index (χ4n) is 1.63. The van der Waals surface area contributed by atoms with E-state index in [1.54, 1.807) is 0 Å². The van der Waals surface area contributed by atoms with Crippen LogP contribution in [0.3, 0.4) is 0 Å². The van der Waals surface area contributed by atoms with Crippen molar-refractivity contribution < 1.29 is 14.2 Å². The van der Waals surface area contributed by atoms with Crippen LogP contribution in [0, 0.1) is 0 Å². The molecule has 0 amide bonds. The van der Waals surface area contributed by atoms with Gasteiger partial charge >= 0.3 is 0 Å². The Balaban J connectivity index is 3.03. The van der Waals surface area contributed by atoms with Crippen molar-refractivity contribution in [2.24, 2.45) is 0 Å². The average Bonchev–Trinajstić information content (AvgIpc) is 2.33. The van der Waals surface area contributed by atoms with Crippen LogP contribution in [0.25, 0.3) is 0 Å². The quantitative estimate of drug-likeness (QED) is 0.529. The Morgan fingerprint density at radius 2 is 1.40 bits per heavy atom. The first-order valence-corrected chi connectivity index (χ1v) is 7.94. The Bertz CT molecular complexity index is 202. The first-order chi connectivity index (χ1) is 9.42. The molecule has 0 aliphatic rings. The molecule has 1 N–H and O–H groups in total. The molecule has 0 saturated carbocycles. The third-order valence-corrected chi connectivity index (χ3v) is 2.66. The highest BCUT2D eigenvalue weighted by Crippen LogP contribution is 1.99. The summed E-state index contributed by atoms with van der Waals surface area (Å²) in [4.78, 5) is 0. The first-order valence-electron chi connectivity index (χ1n) is 7.94. The number of nitrogens with one attached hydrogen (secondary N) is 1. The molecule has 0 spiro atoms. The number of rotatable bonds is 13. The number of unbranched alkanes of at least 4 members (excludes halogenated alkanes) is 2. The predicted molar refractivity (Wildman–Crippen MR) is 84.3 cm³/mol. The van der Waals surface area contributed by atoms with E-state index in [0.29, 0.717) is 19.3 Å². The molecule has 4 nitrogen and oxygen atoms in total. The highest BCUT2D eigenvalue weighted by Gasteiger charge is 2.06. The lowest BCUT2D eigenvalue weighted by atomic mass is 10.1. The molecule has 0 aliphatic carbocycles. The zero-order valence-electron chi connectivity index (χ0n) is 14.2. The van der Waals surface area contributed by atoms with Gasteiger partial charge in [-0.2, -0.15) is 0 Å². The van der Waals surface area contributed by atoms with Crippen molar-refractivity contribution in [3.05, 3.63) is 0 Å². The van der Waals surface area contributed by atoms with E-state index < -0.39 is 0 Å². The minimum atomic E-state index is 0.181. The van der Waals surface area contributed by atoms with Crippen molar-refractivity contribution in [1.29, 1.82) is 0 Å². The van der Waals surface area contributed by atoms with E-state index in [1.165, 1.54) is 0 Å². The van der Waals surface area contributed by atoms with Gasteiger partial charge in [0.05, 0.1) is 25.9 Å². The zero-order chi connectivity index (χ0) is 15.3. The van der Waals surface area contributed by atoms with Crippen molar-refractivity contribution >= 4 is 0 Å². The van der Waals surface area contributed by atoms with Crippen LogP contribution < -0.4 is 5.32 Å². The van der Waals surface area contributed by atoms with Gasteiger partial charge in [-0.3, -0.25) is 0 Å². The molecule has 0 aromatic carbocycles. The lowest BCUT2D eigenvalue weighted by Crippen LogP contribution is -2.38. The molecule has 20 heavy (non-hydrogen) atoms. The van der Waals surface area contributed by atoms with Crippen molar-refractivity contribution in [3.63, 3.8) is 0 Å². The Morgan fingerprint density at radius 1 is 0.800 bits per heavy atom. The molecule has 0 aromatic rings. The van der Waals surface area contributed by atoms with Gasteiger partial charge in [-0.05, 0) is 53.9 Å². The van der Waals surface area contributed by atoms with Crippen molar-refractivity contribution in [1.82, 2.24) is 5.32 Å². The normalized spacial score (nSPS) is 12.3. The van der Waals surface area contributed by atoms with E-state index in [9.17, 15) is 0 Å². The van der Waals surface area contributed by atoms with E-state index in [2.05, 4.69) is 26.1 Å². The fourth-order valence-corrected chi connectivity index (χ4v) is 1.63. The number of hydrogen-bond donors (Lipinski definition) is 1. The van der Waals surface area contributed by atoms with Crippen LogP contribution in [0.5, 0.6) is 0 Å². The molecule has 4 heteroatoms. The molecule has 0 radical (unpaired) electrons. The summed E-state index contributed by atoms with van der Waals surface area (Å²) in [6.45, 7) is 15.4. The second-order valence-electron chi connectivity index (χ2n) is 6.38. The summed E-state index contributed by atoms with van der Waals surface area (Å²) in [5.41, 5.74) is 0.181. The molecule has 0 heterocycles. The maximum atomic E-state index is 5.58. The van der Waals surface area contributed by atoms with Gasteiger partial charge in [0.1, 0.15) is 0 Å². The minimum Gasteiger partial charge on any atom is -0.380 e. The molecule has 0 rings (SSSR count). The first kappa shape index (κ1) is 19.8. The van der Waals surface area contributed by atoms with E-state index in [1.807, 2.05) is 13.8 Å². The van der Waals surface area contributed by atoms with E-state index in [0.717, 1.165) is 45.6 Å². The van der Waals surface area contributed by atoms with E-state index in [-0.39, 0.29) is 5.54 Å². The van der Waals surface area contributed by atoms with Gasteiger partial charge < -0.3 is 19.5 Å². The monoisotopic (exact) mass is 289 g/mol. The zero-order valence-corrected chi connectivity index (χ0v) is 14.2. The van der Waals surface area contributed by atoms with Crippen molar-refractivity contribution in [2.45, 2.75) is 65.5 Å². The van der Waals surface area contributed by atoms with Crippen LogP contribution in [-0.4, -0.2) is 51.2 Å². The van der Waals surface area contributed by atoms with Crippen LogP contribution in [0.2, 0.25) is 0 Å². The Kier molecular flexibility index (Phi) is 12.5.